The molecule has 0 radical (unpaired) electrons. The Bertz CT molecular complexity index is 1040. The molecule has 0 aliphatic heterocycles. The van der Waals surface area contributed by atoms with Crippen LogP contribution in [0.15, 0.2) is 29.1 Å². The van der Waals surface area contributed by atoms with Crippen LogP contribution in [0.2, 0.25) is 0 Å². The lowest BCUT2D eigenvalue weighted by atomic mass is 9.98. The second-order valence-corrected chi connectivity index (χ2v) is 8.21. The van der Waals surface area contributed by atoms with E-state index in [2.05, 4.69) is 23.8 Å². The number of halogens is 1. The van der Waals surface area contributed by atoms with Gasteiger partial charge in [-0.2, -0.15) is 0 Å². The molecule has 0 aliphatic rings. The number of nitrogens with one attached hydrogen (secondary N) is 1. The SMILES string of the molecule is CC[C@H](C)Cc1c(C)sc2nc(COC(=O)Cc3ccc(F)cc3)[nH]c(=O)c12. The smallest absolute Gasteiger partial charge is 0.310 e. The summed E-state index contributed by atoms with van der Waals surface area (Å²) in [6, 6.07) is 5.67. The van der Waals surface area contributed by atoms with Crippen LogP contribution in [0.1, 0.15) is 42.1 Å². The first-order valence-corrected chi connectivity index (χ1v) is 10.1. The van der Waals surface area contributed by atoms with Crippen LogP contribution in [0.3, 0.4) is 0 Å². The lowest BCUT2D eigenvalue weighted by Gasteiger charge is -2.08. The second kappa shape index (κ2) is 8.65. The second-order valence-electron chi connectivity index (χ2n) is 7.01. The van der Waals surface area contributed by atoms with Crippen molar-refractivity contribution in [1.82, 2.24) is 9.97 Å². The molecule has 2 aromatic heterocycles. The average molecular weight is 402 g/mol. The number of benzene rings is 1. The van der Waals surface area contributed by atoms with E-state index in [1.54, 1.807) is 0 Å². The first-order chi connectivity index (χ1) is 13.4. The van der Waals surface area contributed by atoms with Gasteiger partial charge in [0.25, 0.3) is 5.56 Å². The number of H-pyrrole nitrogens is 1. The van der Waals surface area contributed by atoms with Gasteiger partial charge in [-0.05, 0) is 42.5 Å². The Balaban J connectivity index is 1.73. The van der Waals surface area contributed by atoms with Crippen LogP contribution in [0.4, 0.5) is 4.39 Å². The summed E-state index contributed by atoms with van der Waals surface area (Å²) in [7, 11) is 0. The first-order valence-electron chi connectivity index (χ1n) is 9.28. The maximum absolute atomic E-state index is 12.9. The molecule has 0 amide bonds. The average Bonchev–Trinajstić information content (AvgIpc) is 2.97. The van der Waals surface area contributed by atoms with Crippen LogP contribution in [0, 0.1) is 18.7 Å². The van der Waals surface area contributed by atoms with Gasteiger partial charge in [0.2, 0.25) is 0 Å². The number of ether oxygens (including phenoxy) is 1. The molecule has 1 N–H and O–H groups in total. The molecule has 28 heavy (non-hydrogen) atoms. The molecule has 0 saturated heterocycles. The van der Waals surface area contributed by atoms with Crippen LogP contribution >= 0.6 is 11.3 Å². The molecular weight excluding hydrogens is 379 g/mol. The summed E-state index contributed by atoms with van der Waals surface area (Å²) in [4.78, 5) is 33.6. The van der Waals surface area contributed by atoms with E-state index in [1.807, 2.05) is 6.92 Å². The van der Waals surface area contributed by atoms with Gasteiger partial charge in [-0.1, -0.05) is 32.4 Å². The summed E-state index contributed by atoms with van der Waals surface area (Å²) in [6.07, 6.45) is 1.92. The zero-order valence-electron chi connectivity index (χ0n) is 16.2. The largest absolute Gasteiger partial charge is 0.457 e. The minimum absolute atomic E-state index is 0.0317. The van der Waals surface area contributed by atoms with Gasteiger partial charge in [-0.15, -0.1) is 11.3 Å². The standard InChI is InChI=1S/C21H23FN2O3S/c1-4-12(2)9-16-13(3)28-21-19(16)20(26)23-17(24-21)11-27-18(25)10-14-5-7-15(22)8-6-14/h5-8,12H,4,9-11H2,1-3H3,(H,23,24,26)/t12-/m0/s1. The predicted molar refractivity (Wildman–Crippen MR) is 108 cm³/mol. The van der Waals surface area contributed by atoms with Crippen LogP contribution in [0.5, 0.6) is 0 Å². The molecule has 0 saturated carbocycles. The van der Waals surface area contributed by atoms with E-state index in [1.165, 1.54) is 35.6 Å². The van der Waals surface area contributed by atoms with Crippen molar-refractivity contribution in [1.29, 1.82) is 0 Å². The number of rotatable bonds is 7. The zero-order chi connectivity index (χ0) is 20.3. The van der Waals surface area contributed by atoms with E-state index in [9.17, 15) is 14.0 Å². The summed E-state index contributed by atoms with van der Waals surface area (Å²) >= 11 is 1.49. The van der Waals surface area contributed by atoms with Crippen molar-refractivity contribution in [3.05, 3.63) is 62.3 Å². The first kappa shape index (κ1) is 20.2. The fraction of sp³-hybridized carbons (Fsp3) is 0.381. The van der Waals surface area contributed by atoms with Gasteiger partial charge in [0.15, 0.2) is 0 Å². The Morgan fingerprint density at radius 2 is 2.04 bits per heavy atom. The lowest BCUT2D eigenvalue weighted by molar-refractivity contribution is -0.144. The fourth-order valence-electron chi connectivity index (χ4n) is 3.00. The highest BCUT2D eigenvalue weighted by Crippen LogP contribution is 2.29. The van der Waals surface area contributed by atoms with E-state index in [0.29, 0.717) is 27.5 Å². The number of fused-ring (bicyclic) bond motifs is 1. The van der Waals surface area contributed by atoms with Gasteiger partial charge >= 0.3 is 5.97 Å². The number of aromatic amines is 1. The predicted octanol–water partition coefficient (Wildman–Crippen LogP) is 4.31. The van der Waals surface area contributed by atoms with Crippen LogP contribution in [-0.4, -0.2) is 15.9 Å². The Morgan fingerprint density at radius 3 is 2.71 bits per heavy atom. The highest BCUT2D eigenvalue weighted by Gasteiger charge is 2.17. The third kappa shape index (κ3) is 4.65. The number of carbonyl (C=O) groups excluding carboxylic acids is 1. The van der Waals surface area contributed by atoms with Crippen LogP contribution < -0.4 is 5.56 Å². The molecule has 0 unspecified atom stereocenters. The van der Waals surface area contributed by atoms with Crippen molar-refractivity contribution in [3.8, 4) is 0 Å². The van der Waals surface area contributed by atoms with Gasteiger partial charge < -0.3 is 9.72 Å². The molecule has 7 heteroatoms. The molecule has 3 aromatic rings. The van der Waals surface area contributed by atoms with Gasteiger partial charge in [-0.25, -0.2) is 9.37 Å². The van der Waals surface area contributed by atoms with E-state index in [-0.39, 0.29) is 24.4 Å². The Kier molecular flexibility index (Phi) is 6.24. The van der Waals surface area contributed by atoms with Crippen molar-refractivity contribution in [2.75, 3.05) is 0 Å². The number of thiophene rings is 1. The van der Waals surface area contributed by atoms with Crippen molar-refractivity contribution in [2.24, 2.45) is 5.92 Å². The van der Waals surface area contributed by atoms with Crippen LogP contribution in [0.25, 0.3) is 10.2 Å². The summed E-state index contributed by atoms with van der Waals surface area (Å²) in [5, 5.41) is 0.643. The third-order valence-corrected chi connectivity index (χ3v) is 5.83. The minimum Gasteiger partial charge on any atom is -0.457 e. The number of aromatic nitrogens is 2. The number of carbonyl (C=O) groups is 1. The maximum atomic E-state index is 12.9. The molecule has 1 atom stereocenters. The van der Waals surface area contributed by atoms with Gasteiger partial charge in [-0.3, -0.25) is 9.59 Å². The molecule has 3 rings (SSSR count). The van der Waals surface area contributed by atoms with E-state index >= 15 is 0 Å². The Hall–Kier alpha value is -2.54. The summed E-state index contributed by atoms with van der Waals surface area (Å²) < 4.78 is 18.1. The maximum Gasteiger partial charge on any atom is 0.310 e. The normalized spacial score (nSPS) is 12.3. The van der Waals surface area contributed by atoms with Crippen molar-refractivity contribution < 1.29 is 13.9 Å². The van der Waals surface area contributed by atoms with Gasteiger partial charge in [0.1, 0.15) is 23.1 Å². The van der Waals surface area contributed by atoms with E-state index in [0.717, 1.165) is 23.3 Å². The summed E-state index contributed by atoms with van der Waals surface area (Å²) in [5.41, 5.74) is 1.52. The van der Waals surface area contributed by atoms with Crippen molar-refractivity contribution in [3.63, 3.8) is 0 Å². The van der Waals surface area contributed by atoms with Crippen molar-refractivity contribution >= 4 is 27.5 Å². The topological polar surface area (TPSA) is 72.0 Å². The Labute approximate surface area is 166 Å². The molecular formula is C21H23FN2O3S. The zero-order valence-corrected chi connectivity index (χ0v) is 17.0. The molecule has 2 heterocycles. The van der Waals surface area contributed by atoms with Gasteiger partial charge in [0, 0.05) is 4.88 Å². The molecule has 0 spiro atoms. The van der Waals surface area contributed by atoms with Crippen LogP contribution in [-0.2, 0) is 29.0 Å². The molecule has 0 fully saturated rings. The molecule has 0 aliphatic carbocycles. The number of hydrogen-bond donors (Lipinski definition) is 1. The monoisotopic (exact) mass is 402 g/mol. The molecule has 148 valence electrons. The highest BCUT2D eigenvalue weighted by molar-refractivity contribution is 7.18. The quantitative estimate of drug-likeness (QED) is 0.598. The molecule has 5 nitrogen and oxygen atoms in total. The number of aryl methyl sites for hydroxylation is 1. The Morgan fingerprint density at radius 1 is 1.32 bits per heavy atom. The highest BCUT2D eigenvalue weighted by atomic mass is 32.1. The van der Waals surface area contributed by atoms with E-state index < -0.39 is 5.97 Å². The number of nitrogens with zero attached hydrogens (tertiary/aromatic N) is 1. The summed E-state index contributed by atoms with van der Waals surface area (Å²) in [5.74, 6) is -0.00963. The number of esters is 1. The van der Waals surface area contributed by atoms with Crippen molar-refractivity contribution in [2.45, 2.75) is 46.6 Å². The summed E-state index contributed by atoms with van der Waals surface area (Å²) in [6.45, 7) is 6.20. The third-order valence-electron chi connectivity index (χ3n) is 4.79. The molecule has 0 bridgehead atoms. The minimum atomic E-state index is -0.464. The fourth-order valence-corrected chi connectivity index (χ4v) is 4.07. The molecule has 1 aromatic carbocycles. The van der Waals surface area contributed by atoms with Gasteiger partial charge in [0.05, 0.1) is 11.8 Å². The number of hydrogen-bond acceptors (Lipinski definition) is 5. The van der Waals surface area contributed by atoms with E-state index in [4.69, 9.17) is 4.74 Å². The lowest BCUT2D eigenvalue weighted by Crippen LogP contribution is -2.15.